The third-order valence-electron chi connectivity index (χ3n) is 2.50. The monoisotopic (exact) mass is 232 g/mol. The van der Waals surface area contributed by atoms with Crippen LogP contribution in [0.25, 0.3) is 17.1 Å². The van der Waals surface area contributed by atoms with E-state index in [1.807, 2.05) is 41.8 Å². The van der Waals surface area contributed by atoms with E-state index in [0.717, 1.165) is 16.9 Å². The lowest BCUT2D eigenvalue weighted by Crippen LogP contribution is -1.87. The molecule has 3 heterocycles. The van der Waals surface area contributed by atoms with Crippen LogP contribution >= 0.6 is 11.6 Å². The van der Waals surface area contributed by atoms with Crippen LogP contribution in [0.1, 0.15) is 5.56 Å². The van der Waals surface area contributed by atoms with Gasteiger partial charge in [0, 0.05) is 6.20 Å². The molecule has 0 saturated heterocycles. The zero-order valence-electron chi connectivity index (χ0n) is 8.64. The summed E-state index contributed by atoms with van der Waals surface area (Å²) in [7, 11) is 0. The topological polar surface area (TPSA) is 30.4 Å². The summed E-state index contributed by atoms with van der Waals surface area (Å²) in [5.41, 5.74) is 2.05. The highest BCUT2D eigenvalue weighted by Gasteiger charge is 2.12. The summed E-state index contributed by atoms with van der Waals surface area (Å²) >= 11 is 6.09. The molecular weight excluding hydrogens is 224 g/mol. The normalized spacial score (nSPS) is 11.1. The molecule has 80 valence electrons. The van der Waals surface area contributed by atoms with Crippen LogP contribution in [0.15, 0.2) is 41.1 Å². The number of hydrogen-bond donors (Lipinski definition) is 0. The molecule has 0 aromatic carbocycles. The van der Waals surface area contributed by atoms with E-state index in [1.165, 1.54) is 0 Å². The van der Waals surface area contributed by atoms with Gasteiger partial charge in [0.2, 0.25) is 0 Å². The molecule has 3 nitrogen and oxygen atoms in total. The number of hydrogen-bond acceptors (Lipinski definition) is 2. The lowest BCUT2D eigenvalue weighted by molar-refractivity contribution is 0.577. The Morgan fingerprint density at radius 2 is 2.25 bits per heavy atom. The van der Waals surface area contributed by atoms with Crippen LogP contribution in [-0.4, -0.2) is 9.38 Å². The SMILES string of the molecule is Cc1ccn2c(-c3ccco3)nc(Cl)c2c1. The van der Waals surface area contributed by atoms with Crippen LogP contribution < -0.4 is 0 Å². The summed E-state index contributed by atoms with van der Waals surface area (Å²) in [4.78, 5) is 4.31. The van der Waals surface area contributed by atoms with Crippen molar-refractivity contribution in [2.45, 2.75) is 6.92 Å². The van der Waals surface area contributed by atoms with Crippen LogP contribution in [0, 0.1) is 6.92 Å². The van der Waals surface area contributed by atoms with E-state index in [1.54, 1.807) is 6.26 Å². The second kappa shape index (κ2) is 3.39. The first-order chi connectivity index (χ1) is 7.75. The first-order valence-electron chi connectivity index (χ1n) is 4.94. The van der Waals surface area contributed by atoms with Crippen molar-refractivity contribution in [2.24, 2.45) is 0 Å². The quantitative estimate of drug-likeness (QED) is 0.642. The number of furan rings is 1. The molecule has 16 heavy (non-hydrogen) atoms. The Labute approximate surface area is 97.3 Å². The van der Waals surface area contributed by atoms with E-state index >= 15 is 0 Å². The number of rotatable bonds is 1. The minimum absolute atomic E-state index is 0.495. The van der Waals surface area contributed by atoms with E-state index in [4.69, 9.17) is 16.0 Å². The molecule has 0 saturated carbocycles. The maximum absolute atomic E-state index is 6.09. The highest BCUT2D eigenvalue weighted by atomic mass is 35.5. The van der Waals surface area contributed by atoms with E-state index in [9.17, 15) is 0 Å². The largest absolute Gasteiger partial charge is 0.461 e. The Morgan fingerprint density at radius 3 is 3.00 bits per heavy atom. The number of imidazole rings is 1. The molecule has 0 radical (unpaired) electrons. The summed E-state index contributed by atoms with van der Waals surface area (Å²) in [6, 6.07) is 7.71. The van der Waals surface area contributed by atoms with E-state index < -0.39 is 0 Å². The maximum Gasteiger partial charge on any atom is 0.182 e. The molecule has 3 rings (SSSR count). The van der Waals surface area contributed by atoms with Crippen molar-refractivity contribution >= 4 is 17.1 Å². The molecule has 0 aliphatic carbocycles. The van der Waals surface area contributed by atoms with Crippen LogP contribution in [0.3, 0.4) is 0 Å². The van der Waals surface area contributed by atoms with Crippen molar-refractivity contribution in [3.8, 4) is 11.6 Å². The highest BCUT2D eigenvalue weighted by molar-refractivity contribution is 6.32. The third kappa shape index (κ3) is 1.32. The zero-order valence-corrected chi connectivity index (χ0v) is 9.40. The fraction of sp³-hybridized carbons (Fsp3) is 0.0833. The van der Waals surface area contributed by atoms with Crippen molar-refractivity contribution in [2.75, 3.05) is 0 Å². The van der Waals surface area contributed by atoms with Gasteiger partial charge in [-0.25, -0.2) is 4.98 Å². The Kier molecular flexibility index (Phi) is 2.01. The van der Waals surface area contributed by atoms with Crippen molar-refractivity contribution in [3.05, 3.63) is 47.4 Å². The van der Waals surface area contributed by atoms with Crippen molar-refractivity contribution < 1.29 is 4.42 Å². The zero-order chi connectivity index (χ0) is 11.1. The van der Waals surface area contributed by atoms with Crippen LogP contribution in [0.5, 0.6) is 0 Å². The molecule has 0 unspecified atom stereocenters. The van der Waals surface area contributed by atoms with Gasteiger partial charge in [-0.1, -0.05) is 11.6 Å². The number of fused-ring (bicyclic) bond motifs is 1. The molecule has 0 amide bonds. The molecule has 0 aliphatic rings. The van der Waals surface area contributed by atoms with Crippen LogP contribution in [0.4, 0.5) is 0 Å². The number of halogens is 1. The number of aromatic nitrogens is 2. The van der Waals surface area contributed by atoms with Gasteiger partial charge in [-0.2, -0.15) is 0 Å². The van der Waals surface area contributed by atoms with Gasteiger partial charge < -0.3 is 4.42 Å². The van der Waals surface area contributed by atoms with Crippen LogP contribution in [-0.2, 0) is 0 Å². The van der Waals surface area contributed by atoms with Crippen molar-refractivity contribution in [1.29, 1.82) is 0 Å². The first-order valence-corrected chi connectivity index (χ1v) is 5.31. The van der Waals surface area contributed by atoms with E-state index in [0.29, 0.717) is 10.9 Å². The molecule has 0 aliphatic heterocycles. The van der Waals surface area contributed by atoms with Gasteiger partial charge >= 0.3 is 0 Å². The summed E-state index contributed by atoms with van der Waals surface area (Å²) in [6.07, 6.45) is 3.57. The molecule has 0 fully saturated rings. The highest BCUT2D eigenvalue weighted by Crippen LogP contribution is 2.26. The summed E-state index contributed by atoms with van der Waals surface area (Å²) < 4.78 is 7.25. The second-order valence-corrected chi connectivity index (χ2v) is 4.02. The number of aryl methyl sites for hydroxylation is 1. The standard InChI is InChI=1S/C12H9ClN2O/c1-8-4-5-15-9(7-8)11(13)14-12(15)10-3-2-6-16-10/h2-7H,1H3. The molecule has 0 atom stereocenters. The van der Waals surface area contributed by atoms with E-state index in [-0.39, 0.29) is 0 Å². The van der Waals surface area contributed by atoms with Crippen LogP contribution in [0.2, 0.25) is 5.15 Å². The minimum atomic E-state index is 0.495. The lowest BCUT2D eigenvalue weighted by Gasteiger charge is -1.98. The minimum Gasteiger partial charge on any atom is -0.461 e. The van der Waals surface area contributed by atoms with E-state index in [2.05, 4.69) is 4.98 Å². The van der Waals surface area contributed by atoms with Gasteiger partial charge in [0.05, 0.1) is 11.8 Å². The summed E-state index contributed by atoms with van der Waals surface area (Å²) in [6.45, 7) is 2.02. The molecule has 3 aromatic rings. The molecular formula is C12H9ClN2O. The van der Waals surface area contributed by atoms with Gasteiger partial charge in [0.15, 0.2) is 16.7 Å². The van der Waals surface area contributed by atoms with Gasteiger partial charge in [-0.05, 0) is 36.8 Å². The van der Waals surface area contributed by atoms with Gasteiger partial charge in [-0.3, -0.25) is 4.40 Å². The number of nitrogens with zero attached hydrogens (tertiary/aromatic N) is 2. The van der Waals surface area contributed by atoms with Gasteiger partial charge in [0.1, 0.15) is 0 Å². The summed E-state index contributed by atoms with van der Waals surface area (Å²) in [5.74, 6) is 1.44. The summed E-state index contributed by atoms with van der Waals surface area (Å²) in [5, 5.41) is 0.495. The Bertz CT molecular complexity index is 640. The van der Waals surface area contributed by atoms with Crippen molar-refractivity contribution in [3.63, 3.8) is 0 Å². The fourth-order valence-corrected chi connectivity index (χ4v) is 1.96. The molecule has 3 aromatic heterocycles. The second-order valence-electron chi connectivity index (χ2n) is 3.66. The fourth-order valence-electron chi connectivity index (χ4n) is 1.73. The third-order valence-corrected chi connectivity index (χ3v) is 2.77. The average molecular weight is 233 g/mol. The molecule has 0 bridgehead atoms. The molecule has 0 spiro atoms. The van der Waals surface area contributed by atoms with Gasteiger partial charge in [0.25, 0.3) is 0 Å². The molecule has 4 heteroatoms. The van der Waals surface area contributed by atoms with Gasteiger partial charge in [-0.15, -0.1) is 0 Å². The molecule has 0 N–H and O–H groups in total. The maximum atomic E-state index is 6.09. The smallest absolute Gasteiger partial charge is 0.182 e. The lowest BCUT2D eigenvalue weighted by atomic mass is 10.3. The Morgan fingerprint density at radius 1 is 1.38 bits per heavy atom. The average Bonchev–Trinajstić information content (AvgIpc) is 2.87. The number of pyridine rings is 1. The predicted molar refractivity (Wildman–Crippen MR) is 62.6 cm³/mol. The first kappa shape index (κ1) is 9.48. The van der Waals surface area contributed by atoms with Crippen molar-refractivity contribution in [1.82, 2.24) is 9.38 Å². The Balaban J connectivity index is 2.35. The Hall–Kier alpha value is -1.74. The predicted octanol–water partition coefficient (Wildman–Crippen LogP) is 3.56.